The smallest absolute Gasteiger partial charge is 0.744 e. The van der Waals surface area contributed by atoms with Crippen molar-refractivity contribution in [3.05, 3.63) is 53.6 Å². The zero-order valence-electron chi connectivity index (χ0n) is 42.5. The molecule has 0 radical (unpaired) electrons. The first-order chi connectivity index (χ1) is 31.3. The van der Waals surface area contributed by atoms with Gasteiger partial charge in [-0.2, -0.15) is 0 Å². The Labute approximate surface area is 443 Å². The fraction of sp³-hybridized carbons (Fsp3) is 0.786. The third-order valence-electron chi connectivity index (χ3n) is 12.5. The molecule has 1 aromatic carbocycles. The number of rotatable bonds is 47. The third-order valence-corrected chi connectivity index (χ3v) is 13.4. The summed E-state index contributed by atoms with van der Waals surface area (Å²) in [6, 6.07) is 3.64. The topological polar surface area (TPSA) is 110 Å². The number of carbonyl (C=O) groups excluding carboxylic acids is 2. The van der Waals surface area contributed by atoms with Crippen molar-refractivity contribution in [2.75, 3.05) is 13.2 Å². The Balaban J connectivity index is 0.0000410. The SMILES string of the molecule is CCCCCCCCCCCC/C=C/CCCCCCCCCCOC(=O)c1cccc(S(=O)(=O)[O-])c1C(=O)OCCCCCCCCCC/C=C/CCCCCCCCCCCC.[K+]. The number of unbranched alkanes of at least 4 members (excludes halogenated alkanes) is 36. The molecule has 0 bridgehead atoms. The van der Waals surface area contributed by atoms with Crippen LogP contribution in [0.3, 0.4) is 0 Å². The van der Waals surface area contributed by atoms with E-state index in [0.29, 0.717) is 12.8 Å². The molecule has 0 unspecified atom stereocenters. The Kier molecular flexibility index (Phi) is 47.6. The van der Waals surface area contributed by atoms with Crippen LogP contribution in [0.5, 0.6) is 0 Å². The van der Waals surface area contributed by atoms with Crippen LogP contribution in [-0.2, 0) is 19.6 Å². The van der Waals surface area contributed by atoms with Gasteiger partial charge in [0.1, 0.15) is 10.1 Å². The van der Waals surface area contributed by atoms with Crippen molar-refractivity contribution in [2.45, 2.75) is 276 Å². The van der Waals surface area contributed by atoms with Gasteiger partial charge in [0.25, 0.3) is 0 Å². The Bertz CT molecular complexity index is 1410. The number of benzene rings is 1. The first kappa shape index (κ1) is 64.2. The van der Waals surface area contributed by atoms with E-state index < -0.39 is 32.5 Å². The maximum absolute atomic E-state index is 13.1. The fourth-order valence-corrected chi connectivity index (χ4v) is 9.11. The minimum absolute atomic E-state index is 0. The number of ether oxygens (including phenoxy) is 2. The van der Waals surface area contributed by atoms with Crippen molar-refractivity contribution in [3.63, 3.8) is 0 Å². The van der Waals surface area contributed by atoms with Crippen molar-refractivity contribution in [1.82, 2.24) is 0 Å². The van der Waals surface area contributed by atoms with Crippen LogP contribution in [0.15, 0.2) is 47.4 Å². The van der Waals surface area contributed by atoms with Gasteiger partial charge in [0.2, 0.25) is 0 Å². The van der Waals surface area contributed by atoms with Crippen LogP contribution in [0.4, 0.5) is 0 Å². The van der Waals surface area contributed by atoms with Crippen LogP contribution in [-0.4, -0.2) is 38.1 Å². The first-order valence-corrected chi connectivity index (χ1v) is 28.5. The third kappa shape index (κ3) is 39.7. The average molecular weight is 954 g/mol. The number of hydrogen-bond donors (Lipinski definition) is 0. The van der Waals surface area contributed by atoms with Gasteiger partial charge in [0.05, 0.1) is 29.2 Å². The van der Waals surface area contributed by atoms with Gasteiger partial charge in [-0.15, -0.1) is 0 Å². The van der Waals surface area contributed by atoms with Crippen molar-refractivity contribution >= 4 is 22.1 Å². The first-order valence-electron chi connectivity index (χ1n) is 27.1. The summed E-state index contributed by atoms with van der Waals surface area (Å²) in [5.41, 5.74) is -0.777. The Morgan fingerprint density at radius 1 is 0.431 bits per heavy atom. The number of hydrogen-bond acceptors (Lipinski definition) is 7. The molecule has 0 spiro atoms. The predicted molar refractivity (Wildman–Crippen MR) is 269 cm³/mol. The molecule has 0 saturated carbocycles. The zero-order chi connectivity index (χ0) is 46.4. The van der Waals surface area contributed by atoms with E-state index in [1.165, 1.54) is 211 Å². The van der Waals surface area contributed by atoms with Crippen LogP contribution in [0.2, 0.25) is 0 Å². The minimum Gasteiger partial charge on any atom is -0.744 e. The molecule has 0 aliphatic rings. The molecule has 7 nitrogen and oxygen atoms in total. The van der Waals surface area contributed by atoms with Crippen molar-refractivity contribution in [1.29, 1.82) is 0 Å². The summed E-state index contributed by atoms with van der Waals surface area (Å²) in [5.74, 6) is -1.81. The Hall–Kier alpha value is -0.814. The van der Waals surface area contributed by atoms with E-state index in [2.05, 4.69) is 38.2 Å². The molecule has 0 fully saturated rings. The second kappa shape index (κ2) is 48.2. The second-order valence-electron chi connectivity index (χ2n) is 18.5. The van der Waals surface area contributed by atoms with E-state index in [4.69, 9.17) is 9.47 Å². The molecule has 0 aliphatic carbocycles. The van der Waals surface area contributed by atoms with Gasteiger partial charge in [-0.3, -0.25) is 0 Å². The molecule has 0 aliphatic heterocycles. The molecular formula is C56H97KO7S. The molecule has 1 rings (SSSR count). The molecule has 1 aromatic rings. The van der Waals surface area contributed by atoms with Crippen LogP contribution >= 0.6 is 0 Å². The number of esters is 2. The van der Waals surface area contributed by atoms with Gasteiger partial charge in [-0.05, 0) is 76.3 Å². The summed E-state index contributed by atoms with van der Waals surface area (Å²) in [7, 11) is -5.02. The molecule has 0 heterocycles. The molecule has 0 amide bonds. The Morgan fingerprint density at radius 2 is 0.708 bits per heavy atom. The van der Waals surface area contributed by atoms with Crippen LogP contribution in [0, 0.1) is 0 Å². The van der Waals surface area contributed by atoms with E-state index in [-0.39, 0.29) is 70.2 Å². The predicted octanol–water partition coefficient (Wildman–Crippen LogP) is 14.7. The van der Waals surface area contributed by atoms with E-state index >= 15 is 0 Å². The maximum Gasteiger partial charge on any atom is 1.00 e. The molecule has 0 saturated heterocycles. The summed E-state index contributed by atoms with van der Waals surface area (Å²) in [6.07, 6.45) is 59.1. The van der Waals surface area contributed by atoms with E-state index in [9.17, 15) is 22.6 Å². The van der Waals surface area contributed by atoms with Gasteiger partial charge >= 0.3 is 63.3 Å². The van der Waals surface area contributed by atoms with E-state index in [1.54, 1.807) is 0 Å². The monoisotopic (exact) mass is 953 g/mol. The Morgan fingerprint density at radius 3 is 1.02 bits per heavy atom. The van der Waals surface area contributed by atoms with Gasteiger partial charge < -0.3 is 14.0 Å². The average Bonchev–Trinajstić information content (AvgIpc) is 3.28. The summed E-state index contributed by atoms with van der Waals surface area (Å²) in [6.45, 7) is 4.79. The molecule has 0 N–H and O–H groups in total. The van der Waals surface area contributed by atoms with Gasteiger partial charge in [-0.25, -0.2) is 18.0 Å². The van der Waals surface area contributed by atoms with E-state index in [1.807, 2.05) is 0 Å². The van der Waals surface area contributed by atoms with Crippen LogP contribution in [0.1, 0.15) is 291 Å². The molecule has 370 valence electrons. The second-order valence-corrected chi connectivity index (χ2v) is 19.9. The van der Waals surface area contributed by atoms with Gasteiger partial charge in [0, 0.05) is 0 Å². The number of allylic oxidation sites excluding steroid dienone is 4. The van der Waals surface area contributed by atoms with Crippen LogP contribution in [0.25, 0.3) is 0 Å². The zero-order valence-corrected chi connectivity index (χ0v) is 46.4. The standard InChI is InChI=1S/C56H98O7S.K/c1-3-5-7-9-11-13-15-17-19-21-23-25-27-29-31-33-35-37-39-41-43-45-50-62-55(57)52-48-47-49-53(64(59,60)61)54(52)56(58)63-51-46-44-42-40-38-36-34-32-30-28-26-24-22-20-18-16-14-12-10-8-6-4-2;/h25-28,47-49H,3-24,29-46,50-51H2,1-2H3,(H,59,60,61);/q;+1/p-1/b27-25+,28-26+;. The number of carbonyl (C=O) groups is 2. The summed E-state index contributed by atoms with van der Waals surface area (Å²) < 4.78 is 47.0. The molecule has 0 atom stereocenters. The van der Waals surface area contributed by atoms with Crippen molar-refractivity contribution < 1.29 is 83.4 Å². The van der Waals surface area contributed by atoms with Crippen LogP contribution < -0.4 is 51.4 Å². The van der Waals surface area contributed by atoms with Gasteiger partial charge in [0.15, 0.2) is 0 Å². The molecule has 9 heteroatoms. The quantitative estimate of drug-likeness (QED) is 0.0210. The minimum atomic E-state index is -5.02. The molecule has 65 heavy (non-hydrogen) atoms. The van der Waals surface area contributed by atoms with Crippen molar-refractivity contribution in [2.24, 2.45) is 0 Å². The summed E-state index contributed by atoms with van der Waals surface area (Å²) in [4.78, 5) is 25.3. The summed E-state index contributed by atoms with van der Waals surface area (Å²) in [5, 5.41) is 0. The maximum atomic E-state index is 13.1. The van der Waals surface area contributed by atoms with Crippen molar-refractivity contribution in [3.8, 4) is 0 Å². The molecule has 0 aromatic heterocycles. The summed E-state index contributed by atoms with van der Waals surface area (Å²) >= 11 is 0. The molecular weight excluding hydrogens is 856 g/mol. The fourth-order valence-electron chi connectivity index (χ4n) is 8.42. The van der Waals surface area contributed by atoms with Gasteiger partial charge in [-0.1, -0.05) is 237 Å². The van der Waals surface area contributed by atoms with E-state index in [0.717, 1.165) is 51.0 Å². The normalized spacial score (nSPS) is 11.7. The largest absolute Gasteiger partial charge is 1.00 e.